The van der Waals surface area contributed by atoms with E-state index >= 15 is 0 Å². The Morgan fingerprint density at radius 2 is 1.68 bits per heavy atom. The lowest BCUT2D eigenvalue weighted by molar-refractivity contribution is -0.137. The molecule has 4 aromatic rings. The fourth-order valence-corrected chi connectivity index (χ4v) is 3.76. The van der Waals surface area contributed by atoms with Crippen LogP contribution in [0.4, 0.5) is 13.2 Å². The lowest BCUT2D eigenvalue weighted by atomic mass is 10.1. The first-order chi connectivity index (χ1) is 17.8. The Morgan fingerprint density at radius 1 is 0.919 bits per heavy atom. The molecule has 9 heteroatoms. The van der Waals surface area contributed by atoms with E-state index in [1.54, 1.807) is 18.2 Å². The van der Waals surface area contributed by atoms with Gasteiger partial charge in [0.15, 0.2) is 0 Å². The van der Waals surface area contributed by atoms with E-state index in [2.05, 4.69) is 10.3 Å². The second-order valence-corrected chi connectivity index (χ2v) is 8.55. The zero-order valence-corrected chi connectivity index (χ0v) is 19.9. The third-order valence-corrected chi connectivity index (χ3v) is 5.71. The van der Waals surface area contributed by atoms with Crippen molar-refractivity contribution in [2.45, 2.75) is 24.7 Å². The van der Waals surface area contributed by atoms with E-state index in [1.165, 1.54) is 12.3 Å². The van der Waals surface area contributed by atoms with Gasteiger partial charge in [0, 0.05) is 24.2 Å². The number of fused-ring (bicyclic) bond motifs is 1. The van der Waals surface area contributed by atoms with Crippen molar-refractivity contribution in [1.82, 2.24) is 10.3 Å². The quantitative estimate of drug-likeness (QED) is 0.263. The zero-order valence-electron chi connectivity index (χ0n) is 19.9. The molecule has 2 atom stereocenters. The molecular weight excluding hydrogens is 485 g/mol. The summed E-state index contributed by atoms with van der Waals surface area (Å²) < 4.78 is 50.5. The highest BCUT2D eigenvalue weighted by molar-refractivity contribution is 5.85. The van der Waals surface area contributed by atoms with Crippen LogP contribution in [0.25, 0.3) is 10.9 Å². The number of alkyl halides is 3. The summed E-state index contributed by atoms with van der Waals surface area (Å²) >= 11 is 0. The lowest BCUT2D eigenvalue weighted by Crippen LogP contribution is -2.41. The molecule has 0 radical (unpaired) electrons. The molecule has 0 amide bonds. The van der Waals surface area contributed by atoms with Crippen LogP contribution in [0.15, 0.2) is 85.1 Å². The standard InChI is InChI=1S/C28H27F3N2O4/c29-28(30,31)20-8-11-25-26(15-20)32-13-12-27(25)37-24-9-6-19(7-10-24)14-21(17-34)33-16-22(35)18-36-23-4-2-1-3-5-23/h1-13,15,21-22,33-35H,14,16-18H2/t21-,22-/m0/s1. The van der Waals surface area contributed by atoms with Gasteiger partial charge in [0.25, 0.3) is 0 Å². The molecule has 0 saturated carbocycles. The van der Waals surface area contributed by atoms with Crippen LogP contribution in [0.5, 0.6) is 17.2 Å². The highest BCUT2D eigenvalue weighted by atomic mass is 19.4. The summed E-state index contributed by atoms with van der Waals surface area (Å²) in [6, 6.07) is 21.1. The van der Waals surface area contributed by atoms with Crippen molar-refractivity contribution < 1.29 is 32.9 Å². The topological polar surface area (TPSA) is 83.8 Å². The molecule has 0 aliphatic heterocycles. The van der Waals surface area contributed by atoms with Crippen LogP contribution in [-0.2, 0) is 12.6 Å². The molecule has 0 saturated heterocycles. The van der Waals surface area contributed by atoms with Gasteiger partial charge in [-0.25, -0.2) is 0 Å². The Balaban J connectivity index is 1.32. The van der Waals surface area contributed by atoms with Gasteiger partial charge in [-0.05, 0) is 60.5 Å². The first-order valence-corrected chi connectivity index (χ1v) is 11.7. The SMILES string of the molecule is OC[C@H](Cc1ccc(Oc2ccnc3cc(C(F)(F)F)ccc23)cc1)NC[C@H](O)COc1ccccc1. The van der Waals surface area contributed by atoms with Gasteiger partial charge >= 0.3 is 6.18 Å². The smallest absolute Gasteiger partial charge is 0.416 e. The number of para-hydroxylation sites is 1. The molecule has 0 spiro atoms. The number of halogens is 3. The van der Waals surface area contributed by atoms with E-state index < -0.39 is 17.8 Å². The summed E-state index contributed by atoms with van der Waals surface area (Å²) in [6.45, 7) is 0.264. The van der Waals surface area contributed by atoms with Crippen molar-refractivity contribution in [3.63, 3.8) is 0 Å². The number of nitrogens with zero attached hydrogens (tertiary/aromatic N) is 1. The monoisotopic (exact) mass is 512 g/mol. The normalized spacial score (nSPS) is 13.3. The fourth-order valence-electron chi connectivity index (χ4n) is 3.76. The lowest BCUT2D eigenvalue weighted by Gasteiger charge is -2.19. The predicted octanol–water partition coefficient (Wildman–Crippen LogP) is 4.98. The molecule has 1 aromatic heterocycles. The van der Waals surface area contributed by atoms with Crippen LogP contribution in [0.3, 0.4) is 0 Å². The average Bonchev–Trinajstić information content (AvgIpc) is 2.90. The number of aliphatic hydroxyl groups excluding tert-OH is 2. The number of benzene rings is 3. The maximum Gasteiger partial charge on any atom is 0.416 e. The molecule has 0 aliphatic rings. The first-order valence-electron chi connectivity index (χ1n) is 11.7. The molecule has 37 heavy (non-hydrogen) atoms. The zero-order chi connectivity index (χ0) is 26.3. The van der Waals surface area contributed by atoms with E-state index in [9.17, 15) is 23.4 Å². The van der Waals surface area contributed by atoms with Crippen molar-refractivity contribution in [2.24, 2.45) is 0 Å². The molecule has 3 N–H and O–H groups in total. The van der Waals surface area contributed by atoms with Gasteiger partial charge in [0.1, 0.15) is 30.0 Å². The number of hydrogen-bond donors (Lipinski definition) is 3. The number of pyridine rings is 1. The van der Waals surface area contributed by atoms with Crippen LogP contribution in [0.1, 0.15) is 11.1 Å². The van der Waals surface area contributed by atoms with Crippen LogP contribution in [0, 0.1) is 0 Å². The number of aromatic nitrogens is 1. The summed E-state index contributed by atoms with van der Waals surface area (Å²) in [6.07, 6.45) is -3.27. The van der Waals surface area contributed by atoms with Crippen molar-refractivity contribution >= 4 is 10.9 Å². The third-order valence-electron chi connectivity index (χ3n) is 5.71. The molecule has 3 aromatic carbocycles. The van der Waals surface area contributed by atoms with Gasteiger partial charge in [-0.1, -0.05) is 30.3 Å². The molecule has 0 aliphatic carbocycles. The largest absolute Gasteiger partial charge is 0.491 e. The van der Waals surface area contributed by atoms with Gasteiger partial charge in [-0.2, -0.15) is 13.2 Å². The van der Waals surface area contributed by atoms with Gasteiger partial charge in [0.2, 0.25) is 0 Å². The molecule has 194 valence electrons. The van der Waals surface area contributed by atoms with E-state index in [1.807, 2.05) is 42.5 Å². The molecule has 1 heterocycles. The molecular formula is C28H27F3N2O4. The summed E-state index contributed by atoms with van der Waals surface area (Å²) in [4.78, 5) is 4.03. The third kappa shape index (κ3) is 7.42. The van der Waals surface area contributed by atoms with Crippen LogP contribution in [0.2, 0.25) is 0 Å². The Kier molecular flexibility index (Phi) is 8.60. The van der Waals surface area contributed by atoms with Crippen molar-refractivity contribution in [3.05, 3.63) is 96.2 Å². The Morgan fingerprint density at radius 3 is 2.38 bits per heavy atom. The summed E-state index contributed by atoms with van der Waals surface area (Å²) in [5.41, 5.74) is 0.359. The molecule has 0 bridgehead atoms. The highest BCUT2D eigenvalue weighted by Gasteiger charge is 2.30. The second kappa shape index (κ2) is 12.1. The van der Waals surface area contributed by atoms with Crippen molar-refractivity contribution in [1.29, 1.82) is 0 Å². The number of aliphatic hydroxyl groups is 2. The minimum Gasteiger partial charge on any atom is -0.491 e. The van der Waals surface area contributed by atoms with E-state index in [4.69, 9.17) is 9.47 Å². The fraction of sp³-hybridized carbons (Fsp3) is 0.250. The second-order valence-electron chi connectivity index (χ2n) is 8.55. The van der Waals surface area contributed by atoms with Crippen LogP contribution < -0.4 is 14.8 Å². The maximum absolute atomic E-state index is 13.0. The Bertz CT molecular complexity index is 1280. The summed E-state index contributed by atoms with van der Waals surface area (Å²) in [7, 11) is 0. The van der Waals surface area contributed by atoms with E-state index in [-0.39, 0.29) is 31.3 Å². The number of nitrogens with one attached hydrogen (secondary N) is 1. The van der Waals surface area contributed by atoms with E-state index in [0.717, 1.165) is 17.7 Å². The molecule has 0 unspecified atom stereocenters. The number of rotatable bonds is 11. The molecule has 4 rings (SSSR count). The number of ether oxygens (including phenoxy) is 2. The van der Waals surface area contributed by atoms with Crippen LogP contribution >= 0.6 is 0 Å². The van der Waals surface area contributed by atoms with Gasteiger partial charge in [0.05, 0.1) is 17.7 Å². The minimum absolute atomic E-state index is 0.118. The minimum atomic E-state index is -4.45. The molecule has 6 nitrogen and oxygen atoms in total. The predicted molar refractivity (Wildman–Crippen MR) is 134 cm³/mol. The Labute approximate surface area is 212 Å². The first kappa shape index (κ1) is 26.4. The van der Waals surface area contributed by atoms with Crippen molar-refractivity contribution in [2.75, 3.05) is 19.8 Å². The van der Waals surface area contributed by atoms with Crippen molar-refractivity contribution in [3.8, 4) is 17.2 Å². The highest BCUT2D eigenvalue weighted by Crippen LogP contribution is 2.34. The average molecular weight is 513 g/mol. The Hall–Kier alpha value is -3.66. The summed E-state index contributed by atoms with van der Waals surface area (Å²) in [5, 5.41) is 23.6. The van der Waals surface area contributed by atoms with Gasteiger partial charge in [-0.15, -0.1) is 0 Å². The van der Waals surface area contributed by atoms with Gasteiger partial charge < -0.3 is 25.0 Å². The maximum atomic E-state index is 13.0. The summed E-state index contributed by atoms with van der Waals surface area (Å²) in [5.74, 6) is 1.58. The van der Waals surface area contributed by atoms with Gasteiger partial charge in [-0.3, -0.25) is 4.98 Å². The number of hydrogen-bond acceptors (Lipinski definition) is 6. The molecule has 0 fully saturated rings. The van der Waals surface area contributed by atoms with Crippen LogP contribution in [-0.4, -0.2) is 47.1 Å². The van der Waals surface area contributed by atoms with E-state index in [0.29, 0.717) is 29.1 Å².